The first kappa shape index (κ1) is 19.3. The zero-order valence-electron chi connectivity index (χ0n) is 16.3. The lowest BCUT2D eigenvalue weighted by Gasteiger charge is -2.27. The summed E-state index contributed by atoms with van der Waals surface area (Å²) in [5, 5.41) is 9.96. The van der Waals surface area contributed by atoms with E-state index in [-0.39, 0.29) is 12.5 Å². The number of aromatic nitrogens is 4. The van der Waals surface area contributed by atoms with Gasteiger partial charge in [0.15, 0.2) is 0 Å². The van der Waals surface area contributed by atoms with Gasteiger partial charge in [0, 0.05) is 37.1 Å². The normalized spacial score (nSPS) is 24.0. The lowest BCUT2D eigenvalue weighted by Crippen LogP contribution is -2.45. The van der Waals surface area contributed by atoms with Crippen LogP contribution in [0.4, 0.5) is 0 Å². The molecule has 2 unspecified atom stereocenters. The second-order valence-corrected chi connectivity index (χ2v) is 13.1. The molecule has 4 rings (SSSR count). The fourth-order valence-electron chi connectivity index (χ4n) is 3.44. The summed E-state index contributed by atoms with van der Waals surface area (Å²) in [6, 6.07) is 4.09. The van der Waals surface area contributed by atoms with Gasteiger partial charge in [0.1, 0.15) is 20.5 Å². The van der Waals surface area contributed by atoms with E-state index in [1.54, 1.807) is 6.20 Å². The van der Waals surface area contributed by atoms with Gasteiger partial charge in [-0.15, -0.1) is 0 Å². The maximum Gasteiger partial charge on any atom is 0.150 e. The Morgan fingerprint density at radius 2 is 1.62 bits per heavy atom. The first-order chi connectivity index (χ1) is 12.6. The molecule has 0 aromatic carbocycles. The Hall–Kier alpha value is -1.44. The van der Waals surface area contributed by atoms with Crippen LogP contribution in [-0.4, -0.2) is 40.8 Å². The molecule has 0 amide bonds. The molecular formula is C19H32N4O2Si. The summed E-state index contributed by atoms with van der Waals surface area (Å²) in [6.45, 7) is 8.82. The molecule has 0 bridgehead atoms. The van der Waals surface area contributed by atoms with Gasteiger partial charge in [0.25, 0.3) is 0 Å². The zero-order valence-corrected chi connectivity index (χ0v) is 17.3. The lowest BCUT2D eigenvalue weighted by atomic mass is 10.2. The molecule has 0 aliphatic carbocycles. The molecule has 0 spiro atoms. The van der Waals surface area contributed by atoms with Crippen molar-refractivity contribution in [2.75, 3.05) is 13.2 Å². The van der Waals surface area contributed by atoms with Gasteiger partial charge < -0.3 is 9.47 Å². The highest BCUT2D eigenvalue weighted by atomic mass is 28.3. The van der Waals surface area contributed by atoms with Crippen molar-refractivity contribution in [1.82, 2.24) is 19.6 Å². The minimum atomic E-state index is -1.29. The molecule has 0 N–H and O–H groups in total. The largest absolute Gasteiger partial charge is 0.357 e. The fraction of sp³-hybridized carbons (Fsp3) is 0.684. The van der Waals surface area contributed by atoms with Crippen LogP contribution in [0.2, 0.25) is 19.6 Å². The molecule has 0 radical (unpaired) electrons. The average molecular weight is 377 g/mol. The third kappa shape index (κ3) is 5.05. The third-order valence-electron chi connectivity index (χ3n) is 4.84. The van der Waals surface area contributed by atoms with Gasteiger partial charge in [-0.2, -0.15) is 10.2 Å². The summed E-state index contributed by atoms with van der Waals surface area (Å²) in [4.78, 5) is 0. The topological polar surface area (TPSA) is 54.1 Å². The number of nitrogens with zero attached hydrogens (tertiary/aromatic N) is 4. The Labute approximate surface area is 157 Å². The maximum atomic E-state index is 5.78. The van der Waals surface area contributed by atoms with Crippen molar-refractivity contribution in [3.63, 3.8) is 0 Å². The number of rotatable bonds is 3. The number of hydrogen-bond acceptors (Lipinski definition) is 4. The molecule has 144 valence electrons. The van der Waals surface area contributed by atoms with Crippen molar-refractivity contribution in [1.29, 1.82) is 0 Å². The molecule has 6 nitrogen and oxygen atoms in total. The molecule has 2 saturated heterocycles. The quantitative estimate of drug-likeness (QED) is 0.766. The van der Waals surface area contributed by atoms with E-state index in [9.17, 15) is 0 Å². The standard InChI is InChI=1S/C11H20N2OSi.C8H12N2O/c1-15(2,3)11-7-8-12-13(11)10-6-4-5-9-14-10;1-2-7-11-8(4-1)10-6-3-5-9-10/h7-8,10H,4-6,9H2,1-3H3;3,5-6,8H,1-2,4,7H2. The maximum absolute atomic E-state index is 5.78. The Balaban J connectivity index is 0.000000158. The molecule has 26 heavy (non-hydrogen) atoms. The van der Waals surface area contributed by atoms with Crippen molar-refractivity contribution in [3.8, 4) is 0 Å². The fourth-order valence-corrected chi connectivity index (χ4v) is 4.90. The Morgan fingerprint density at radius 3 is 2.15 bits per heavy atom. The van der Waals surface area contributed by atoms with Gasteiger partial charge in [0.05, 0.1) is 0 Å². The Kier molecular flexibility index (Phi) is 6.67. The van der Waals surface area contributed by atoms with Crippen LogP contribution >= 0.6 is 0 Å². The first-order valence-corrected chi connectivity index (χ1v) is 13.3. The Morgan fingerprint density at radius 1 is 0.923 bits per heavy atom. The molecule has 2 fully saturated rings. The monoisotopic (exact) mass is 376 g/mol. The van der Waals surface area contributed by atoms with Crippen LogP contribution in [0.1, 0.15) is 51.0 Å². The molecule has 2 aromatic rings. The van der Waals surface area contributed by atoms with Gasteiger partial charge in [-0.3, -0.25) is 0 Å². The first-order valence-electron chi connectivity index (χ1n) is 9.82. The van der Waals surface area contributed by atoms with E-state index in [1.165, 1.54) is 31.0 Å². The van der Waals surface area contributed by atoms with E-state index < -0.39 is 8.07 Å². The van der Waals surface area contributed by atoms with E-state index in [2.05, 4.69) is 40.6 Å². The van der Waals surface area contributed by atoms with E-state index in [1.807, 2.05) is 23.1 Å². The second kappa shape index (κ2) is 8.97. The molecule has 2 aromatic heterocycles. The predicted molar refractivity (Wildman–Crippen MR) is 105 cm³/mol. The molecule has 7 heteroatoms. The highest BCUT2D eigenvalue weighted by Gasteiger charge is 2.26. The summed E-state index contributed by atoms with van der Waals surface area (Å²) in [7, 11) is -1.29. The van der Waals surface area contributed by atoms with Crippen LogP contribution in [0.3, 0.4) is 0 Å². The van der Waals surface area contributed by atoms with Crippen molar-refractivity contribution in [2.45, 2.75) is 70.6 Å². The van der Waals surface area contributed by atoms with Gasteiger partial charge in [-0.25, -0.2) is 9.36 Å². The van der Waals surface area contributed by atoms with Gasteiger partial charge in [-0.05, 0) is 50.7 Å². The van der Waals surface area contributed by atoms with Gasteiger partial charge in [0.2, 0.25) is 0 Å². The highest BCUT2D eigenvalue weighted by Crippen LogP contribution is 2.22. The van der Waals surface area contributed by atoms with Crippen molar-refractivity contribution in [2.24, 2.45) is 0 Å². The number of ether oxygens (including phenoxy) is 2. The van der Waals surface area contributed by atoms with Gasteiger partial charge in [-0.1, -0.05) is 19.6 Å². The van der Waals surface area contributed by atoms with E-state index in [0.29, 0.717) is 0 Å². The minimum absolute atomic E-state index is 0.190. The smallest absolute Gasteiger partial charge is 0.150 e. The SMILES string of the molecule is C[Si](C)(C)c1ccnn1C1CCCCO1.c1cnn(C2CCCCO2)c1. The summed E-state index contributed by atoms with van der Waals surface area (Å²) < 4.78 is 15.3. The third-order valence-corrected chi connectivity index (χ3v) is 6.78. The molecule has 4 heterocycles. The zero-order chi connectivity index (χ0) is 18.4. The summed E-state index contributed by atoms with van der Waals surface area (Å²) in [5.41, 5.74) is 0. The second-order valence-electron chi connectivity index (χ2n) is 8.04. The van der Waals surface area contributed by atoms with Crippen LogP contribution in [0.5, 0.6) is 0 Å². The van der Waals surface area contributed by atoms with E-state index in [4.69, 9.17) is 9.47 Å². The van der Waals surface area contributed by atoms with Crippen molar-refractivity contribution in [3.05, 3.63) is 30.7 Å². The summed E-state index contributed by atoms with van der Waals surface area (Å²) in [5.74, 6) is 0. The predicted octanol–water partition coefficient (Wildman–Crippen LogP) is 3.71. The molecule has 2 aliphatic rings. The summed E-state index contributed by atoms with van der Waals surface area (Å²) >= 11 is 0. The molecule has 2 aliphatic heterocycles. The van der Waals surface area contributed by atoms with Crippen LogP contribution in [-0.2, 0) is 9.47 Å². The molecular weight excluding hydrogens is 344 g/mol. The molecule has 2 atom stereocenters. The number of hydrogen-bond donors (Lipinski definition) is 0. The Bertz CT molecular complexity index is 639. The van der Waals surface area contributed by atoms with E-state index in [0.717, 1.165) is 26.1 Å². The van der Waals surface area contributed by atoms with Crippen LogP contribution < -0.4 is 5.32 Å². The van der Waals surface area contributed by atoms with Crippen molar-refractivity contribution < 1.29 is 9.47 Å². The van der Waals surface area contributed by atoms with Crippen LogP contribution in [0, 0.1) is 0 Å². The highest BCUT2D eigenvalue weighted by molar-refractivity contribution is 6.88. The van der Waals surface area contributed by atoms with E-state index >= 15 is 0 Å². The lowest BCUT2D eigenvalue weighted by molar-refractivity contribution is -0.0394. The minimum Gasteiger partial charge on any atom is -0.357 e. The van der Waals surface area contributed by atoms with Crippen LogP contribution in [0.25, 0.3) is 0 Å². The average Bonchev–Trinajstić information content (AvgIpc) is 3.35. The van der Waals surface area contributed by atoms with Crippen molar-refractivity contribution >= 4 is 13.4 Å². The molecule has 0 saturated carbocycles. The van der Waals surface area contributed by atoms with Gasteiger partial charge >= 0.3 is 0 Å². The van der Waals surface area contributed by atoms with Crippen LogP contribution in [0.15, 0.2) is 30.7 Å². The summed E-state index contributed by atoms with van der Waals surface area (Å²) in [6.07, 6.45) is 13.1.